The number of aromatic nitrogens is 1. The van der Waals surface area contributed by atoms with Gasteiger partial charge in [0.05, 0.1) is 13.7 Å². The Kier molecular flexibility index (Phi) is 7.64. The number of hydrogen-bond donors (Lipinski definition) is 2. The molecule has 0 saturated heterocycles. The van der Waals surface area contributed by atoms with Gasteiger partial charge in [0.25, 0.3) is 11.5 Å². The van der Waals surface area contributed by atoms with Gasteiger partial charge in [-0.2, -0.15) is 0 Å². The lowest BCUT2D eigenvalue weighted by molar-refractivity contribution is -0.116. The van der Waals surface area contributed by atoms with Gasteiger partial charge >= 0.3 is 0 Å². The van der Waals surface area contributed by atoms with Crippen LogP contribution in [0, 0.1) is 6.92 Å². The Morgan fingerprint density at radius 3 is 2.31 bits per heavy atom. The zero-order chi connectivity index (χ0) is 22.9. The Balaban J connectivity index is 1.44. The highest BCUT2D eigenvalue weighted by molar-refractivity contribution is 5.95. The topological polar surface area (TPSA) is 98.7 Å². The Morgan fingerprint density at radius 2 is 1.66 bits per heavy atom. The molecule has 0 saturated carbocycles. The number of anilines is 1. The second-order valence-corrected chi connectivity index (χ2v) is 7.08. The smallest absolute Gasteiger partial charge is 0.251 e. The fourth-order valence-electron chi connectivity index (χ4n) is 2.91. The molecule has 0 aliphatic rings. The zero-order valence-corrected chi connectivity index (χ0v) is 18.0. The molecule has 8 nitrogen and oxygen atoms in total. The van der Waals surface area contributed by atoms with Crippen LogP contribution in [0.4, 0.5) is 5.69 Å². The molecular weight excluding hydrogens is 410 g/mol. The predicted molar refractivity (Wildman–Crippen MR) is 121 cm³/mol. The lowest BCUT2D eigenvalue weighted by atomic mass is 10.2. The molecule has 3 aromatic rings. The maximum absolute atomic E-state index is 12.3. The average molecular weight is 435 g/mol. The molecule has 0 aliphatic heterocycles. The highest BCUT2D eigenvalue weighted by atomic mass is 16.5. The monoisotopic (exact) mass is 435 g/mol. The van der Waals surface area contributed by atoms with E-state index in [1.54, 1.807) is 67.9 Å². The third kappa shape index (κ3) is 6.46. The fraction of sp³-hybridized carbons (Fsp3) is 0.208. The van der Waals surface area contributed by atoms with Crippen LogP contribution in [0.2, 0.25) is 0 Å². The molecule has 0 bridgehead atoms. The van der Waals surface area contributed by atoms with E-state index in [0.717, 1.165) is 11.3 Å². The molecule has 2 amide bonds. The Bertz CT molecular complexity index is 1120. The van der Waals surface area contributed by atoms with Gasteiger partial charge in [-0.3, -0.25) is 14.4 Å². The number of carbonyl (C=O) groups is 2. The van der Waals surface area contributed by atoms with Crippen LogP contribution in [0.3, 0.4) is 0 Å². The van der Waals surface area contributed by atoms with Gasteiger partial charge in [0, 0.05) is 23.5 Å². The van der Waals surface area contributed by atoms with E-state index in [4.69, 9.17) is 9.47 Å². The number of nitrogens with zero attached hydrogens (tertiary/aromatic N) is 1. The van der Waals surface area contributed by atoms with Gasteiger partial charge in [-0.25, -0.2) is 0 Å². The molecule has 0 fully saturated rings. The minimum Gasteiger partial charge on any atom is -0.497 e. The van der Waals surface area contributed by atoms with Gasteiger partial charge < -0.3 is 24.7 Å². The van der Waals surface area contributed by atoms with Crippen LogP contribution >= 0.6 is 0 Å². The summed E-state index contributed by atoms with van der Waals surface area (Å²) in [5.74, 6) is 0.860. The maximum atomic E-state index is 12.3. The molecule has 0 spiro atoms. The minimum absolute atomic E-state index is 0.0878. The third-order valence-electron chi connectivity index (χ3n) is 4.61. The number of methoxy groups -OCH3 is 1. The van der Waals surface area contributed by atoms with Crippen molar-refractivity contribution in [3.8, 4) is 11.5 Å². The molecule has 8 heteroatoms. The average Bonchev–Trinajstić information content (AvgIpc) is 2.79. The number of aryl methyl sites for hydroxylation is 1. The fourth-order valence-corrected chi connectivity index (χ4v) is 2.91. The van der Waals surface area contributed by atoms with Crippen molar-refractivity contribution >= 4 is 17.5 Å². The molecule has 0 aliphatic carbocycles. The number of rotatable bonds is 9. The first-order valence-electron chi connectivity index (χ1n) is 10.1. The molecule has 166 valence electrons. The summed E-state index contributed by atoms with van der Waals surface area (Å²) >= 11 is 0. The number of benzene rings is 2. The molecule has 0 unspecified atom stereocenters. The predicted octanol–water partition coefficient (Wildman–Crippen LogP) is 2.61. The first-order chi connectivity index (χ1) is 15.4. The standard InChI is InChI=1S/C24H25N3O5/c1-17-11-13-27(23(29)15-17)16-22(28)26-19-5-3-18(4-6-19)24(30)25-12-14-32-21-9-7-20(31-2)8-10-21/h3-11,13,15H,12,14,16H2,1-2H3,(H,25,30)(H,26,28). The van der Waals surface area contributed by atoms with E-state index in [1.165, 1.54) is 10.6 Å². The van der Waals surface area contributed by atoms with Crippen molar-refractivity contribution in [1.82, 2.24) is 9.88 Å². The van der Waals surface area contributed by atoms with Crippen LogP contribution in [0.1, 0.15) is 15.9 Å². The summed E-state index contributed by atoms with van der Waals surface area (Å²) in [6, 6.07) is 16.9. The van der Waals surface area contributed by atoms with Crippen molar-refractivity contribution in [2.24, 2.45) is 0 Å². The first kappa shape index (κ1) is 22.6. The number of carbonyl (C=O) groups excluding carboxylic acids is 2. The summed E-state index contributed by atoms with van der Waals surface area (Å²) in [6.07, 6.45) is 1.59. The van der Waals surface area contributed by atoms with E-state index in [1.807, 2.05) is 6.92 Å². The molecule has 0 atom stereocenters. The lowest BCUT2D eigenvalue weighted by Gasteiger charge is -2.10. The largest absolute Gasteiger partial charge is 0.497 e. The number of nitrogens with one attached hydrogen (secondary N) is 2. The van der Waals surface area contributed by atoms with E-state index in [2.05, 4.69) is 10.6 Å². The van der Waals surface area contributed by atoms with Crippen molar-refractivity contribution in [3.63, 3.8) is 0 Å². The van der Waals surface area contributed by atoms with Crippen LogP contribution in [0.25, 0.3) is 0 Å². The van der Waals surface area contributed by atoms with Crippen LogP contribution in [0.5, 0.6) is 11.5 Å². The molecule has 2 N–H and O–H groups in total. The van der Waals surface area contributed by atoms with E-state index < -0.39 is 0 Å². The summed E-state index contributed by atoms with van der Waals surface area (Å²) in [6.45, 7) is 2.40. The van der Waals surface area contributed by atoms with Gasteiger partial charge in [0.15, 0.2) is 0 Å². The lowest BCUT2D eigenvalue weighted by Crippen LogP contribution is -2.28. The van der Waals surface area contributed by atoms with Gasteiger partial charge in [0.1, 0.15) is 24.7 Å². The second-order valence-electron chi connectivity index (χ2n) is 7.08. The normalized spacial score (nSPS) is 10.3. The van der Waals surface area contributed by atoms with Gasteiger partial charge in [-0.1, -0.05) is 0 Å². The zero-order valence-electron chi connectivity index (χ0n) is 18.0. The Hall–Kier alpha value is -4.07. The maximum Gasteiger partial charge on any atom is 0.251 e. The molecule has 0 radical (unpaired) electrons. The van der Waals surface area contributed by atoms with Crippen molar-refractivity contribution < 1.29 is 19.1 Å². The van der Waals surface area contributed by atoms with E-state index in [0.29, 0.717) is 30.2 Å². The van der Waals surface area contributed by atoms with Crippen LogP contribution in [-0.4, -0.2) is 36.6 Å². The molecule has 3 rings (SSSR count). The second kappa shape index (κ2) is 10.8. The summed E-state index contributed by atoms with van der Waals surface area (Å²) in [5.41, 5.74) is 1.60. The number of ether oxygens (including phenoxy) is 2. The third-order valence-corrected chi connectivity index (χ3v) is 4.61. The molecule has 1 heterocycles. The molecule has 32 heavy (non-hydrogen) atoms. The number of hydrogen-bond acceptors (Lipinski definition) is 5. The van der Waals surface area contributed by atoms with Crippen LogP contribution < -0.4 is 25.7 Å². The Morgan fingerprint density at radius 1 is 0.969 bits per heavy atom. The van der Waals surface area contributed by atoms with Crippen molar-refractivity contribution in [1.29, 1.82) is 0 Å². The Labute approximate surface area is 185 Å². The van der Waals surface area contributed by atoms with Crippen molar-refractivity contribution in [3.05, 3.63) is 88.3 Å². The molecular formula is C24H25N3O5. The van der Waals surface area contributed by atoms with Crippen molar-refractivity contribution in [2.45, 2.75) is 13.5 Å². The SMILES string of the molecule is COc1ccc(OCCNC(=O)c2ccc(NC(=O)Cn3ccc(C)cc3=O)cc2)cc1. The number of pyridine rings is 1. The van der Waals surface area contributed by atoms with Gasteiger partial charge in [-0.05, 0) is 67.1 Å². The van der Waals surface area contributed by atoms with Crippen LogP contribution in [-0.2, 0) is 11.3 Å². The first-order valence-corrected chi connectivity index (χ1v) is 10.1. The van der Waals surface area contributed by atoms with Crippen LogP contribution in [0.15, 0.2) is 71.7 Å². The highest BCUT2D eigenvalue weighted by Gasteiger charge is 2.08. The van der Waals surface area contributed by atoms with Gasteiger partial charge in [-0.15, -0.1) is 0 Å². The quantitative estimate of drug-likeness (QED) is 0.504. The number of amides is 2. The van der Waals surface area contributed by atoms with Gasteiger partial charge in [0.2, 0.25) is 5.91 Å². The molecule has 1 aromatic heterocycles. The minimum atomic E-state index is -0.330. The van der Waals surface area contributed by atoms with E-state index in [-0.39, 0.29) is 23.9 Å². The summed E-state index contributed by atoms with van der Waals surface area (Å²) in [5, 5.41) is 5.50. The summed E-state index contributed by atoms with van der Waals surface area (Å²) < 4.78 is 12.0. The highest BCUT2D eigenvalue weighted by Crippen LogP contribution is 2.16. The van der Waals surface area contributed by atoms with E-state index >= 15 is 0 Å². The summed E-state index contributed by atoms with van der Waals surface area (Å²) in [4.78, 5) is 36.4. The molecule has 2 aromatic carbocycles. The van der Waals surface area contributed by atoms with E-state index in [9.17, 15) is 14.4 Å². The summed E-state index contributed by atoms with van der Waals surface area (Å²) in [7, 11) is 1.60. The van der Waals surface area contributed by atoms with Crippen molar-refractivity contribution in [2.75, 3.05) is 25.6 Å².